The van der Waals surface area contributed by atoms with Crippen molar-refractivity contribution in [1.82, 2.24) is 10.2 Å². The van der Waals surface area contributed by atoms with Crippen LogP contribution in [0.4, 0.5) is 4.39 Å². The fourth-order valence-corrected chi connectivity index (χ4v) is 2.86. The first-order valence-corrected chi connectivity index (χ1v) is 7.38. The second-order valence-electron chi connectivity index (χ2n) is 5.36. The molecule has 0 bridgehead atoms. The smallest absolute Gasteiger partial charge is 0.124 e. The maximum atomic E-state index is 13.2. The van der Waals surface area contributed by atoms with Gasteiger partial charge in [0.25, 0.3) is 0 Å². The summed E-state index contributed by atoms with van der Waals surface area (Å²) in [5, 5.41) is 12.5. The Bertz CT molecular complexity index is 475. The summed E-state index contributed by atoms with van der Waals surface area (Å²) < 4.78 is 13.2. The molecule has 1 aliphatic heterocycles. The zero-order valence-electron chi connectivity index (χ0n) is 12.0. The van der Waals surface area contributed by atoms with Crippen LogP contribution in [0.1, 0.15) is 37.3 Å². The SMILES string of the molecule is CCCN(Cc1ccc(F)cc1C#N)C1CCNCC1. The van der Waals surface area contributed by atoms with Crippen molar-refractivity contribution in [3.05, 3.63) is 35.1 Å². The van der Waals surface area contributed by atoms with E-state index in [-0.39, 0.29) is 5.82 Å². The largest absolute Gasteiger partial charge is 0.317 e. The van der Waals surface area contributed by atoms with E-state index in [0.29, 0.717) is 11.6 Å². The third-order valence-corrected chi connectivity index (χ3v) is 3.90. The molecule has 1 N–H and O–H groups in total. The summed E-state index contributed by atoms with van der Waals surface area (Å²) in [4.78, 5) is 2.44. The lowest BCUT2D eigenvalue weighted by atomic mass is 10.0. The molecule has 0 radical (unpaired) electrons. The van der Waals surface area contributed by atoms with Crippen molar-refractivity contribution in [2.24, 2.45) is 0 Å². The van der Waals surface area contributed by atoms with Gasteiger partial charge in [-0.2, -0.15) is 5.26 Å². The Morgan fingerprint density at radius 1 is 1.40 bits per heavy atom. The fraction of sp³-hybridized carbons (Fsp3) is 0.562. The van der Waals surface area contributed by atoms with Gasteiger partial charge in [0.1, 0.15) is 5.82 Å². The molecule has 1 saturated heterocycles. The summed E-state index contributed by atoms with van der Waals surface area (Å²) in [6, 6.07) is 7.20. The van der Waals surface area contributed by atoms with Crippen LogP contribution in [0.25, 0.3) is 0 Å². The minimum atomic E-state index is -0.339. The average molecular weight is 275 g/mol. The lowest BCUT2D eigenvalue weighted by molar-refractivity contribution is 0.154. The van der Waals surface area contributed by atoms with Gasteiger partial charge < -0.3 is 5.32 Å². The summed E-state index contributed by atoms with van der Waals surface area (Å²) in [6.45, 7) is 6.04. The van der Waals surface area contributed by atoms with Crippen molar-refractivity contribution in [3.63, 3.8) is 0 Å². The van der Waals surface area contributed by atoms with Gasteiger partial charge in [-0.25, -0.2) is 4.39 Å². The molecule has 4 heteroatoms. The maximum absolute atomic E-state index is 13.2. The number of nitrogens with one attached hydrogen (secondary N) is 1. The monoisotopic (exact) mass is 275 g/mol. The third kappa shape index (κ3) is 3.78. The molecule has 20 heavy (non-hydrogen) atoms. The second kappa shape index (κ2) is 7.37. The predicted molar refractivity (Wildman–Crippen MR) is 77.7 cm³/mol. The number of piperidine rings is 1. The van der Waals surface area contributed by atoms with Gasteiger partial charge in [-0.05, 0) is 56.6 Å². The van der Waals surface area contributed by atoms with E-state index in [1.54, 1.807) is 6.07 Å². The highest BCUT2D eigenvalue weighted by Gasteiger charge is 2.21. The molecule has 1 heterocycles. The van der Waals surface area contributed by atoms with Crippen molar-refractivity contribution >= 4 is 0 Å². The Kier molecular flexibility index (Phi) is 5.51. The van der Waals surface area contributed by atoms with Gasteiger partial charge in [0.2, 0.25) is 0 Å². The Morgan fingerprint density at radius 2 is 2.15 bits per heavy atom. The van der Waals surface area contributed by atoms with Crippen LogP contribution < -0.4 is 5.32 Å². The van der Waals surface area contributed by atoms with Gasteiger partial charge in [0.05, 0.1) is 11.6 Å². The first kappa shape index (κ1) is 15.0. The highest BCUT2D eigenvalue weighted by Crippen LogP contribution is 2.19. The number of halogens is 1. The number of rotatable bonds is 5. The molecule has 2 rings (SSSR count). The Hall–Kier alpha value is -1.44. The van der Waals surface area contributed by atoms with Crippen LogP contribution in [0.3, 0.4) is 0 Å². The second-order valence-corrected chi connectivity index (χ2v) is 5.36. The number of hydrogen-bond acceptors (Lipinski definition) is 3. The maximum Gasteiger partial charge on any atom is 0.124 e. The molecule has 3 nitrogen and oxygen atoms in total. The highest BCUT2D eigenvalue weighted by molar-refractivity contribution is 5.37. The van der Waals surface area contributed by atoms with E-state index < -0.39 is 0 Å². The van der Waals surface area contributed by atoms with E-state index in [4.69, 9.17) is 5.26 Å². The molecule has 0 aromatic heterocycles. The molecule has 1 fully saturated rings. The minimum absolute atomic E-state index is 0.339. The van der Waals surface area contributed by atoms with E-state index in [9.17, 15) is 4.39 Å². The molecule has 0 spiro atoms. The predicted octanol–water partition coefficient (Wildman–Crippen LogP) is 2.66. The molecule has 0 unspecified atom stereocenters. The van der Waals surface area contributed by atoms with Crippen LogP contribution in [0.5, 0.6) is 0 Å². The van der Waals surface area contributed by atoms with E-state index >= 15 is 0 Å². The number of nitrogens with zero attached hydrogens (tertiary/aromatic N) is 2. The lowest BCUT2D eigenvalue weighted by Crippen LogP contribution is -2.43. The Morgan fingerprint density at radius 3 is 2.80 bits per heavy atom. The molecule has 1 aromatic carbocycles. The molecular weight excluding hydrogens is 253 g/mol. The summed E-state index contributed by atoms with van der Waals surface area (Å²) in [5.74, 6) is -0.339. The molecule has 0 saturated carbocycles. The van der Waals surface area contributed by atoms with Crippen molar-refractivity contribution in [1.29, 1.82) is 5.26 Å². The van der Waals surface area contributed by atoms with Crippen molar-refractivity contribution in [2.45, 2.75) is 38.8 Å². The van der Waals surface area contributed by atoms with E-state index in [0.717, 1.165) is 51.0 Å². The summed E-state index contributed by atoms with van der Waals surface area (Å²) in [5.41, 5.74) is 1.39. The zero-order valence-corrected chi connectivity index (χ0v) is 12.0. The van der Waals surface area contributed by atoms with Gasteiger partial charge in [-0.3, -0.25) is 4.90 Å². The van der Waals surface area contributed by atoms with Gasteiger partial charge in [-0.15, -0.1) is 0 Å². The van der Waals surface area contributed by atoms with Crippen molar-refractivity contribution in [2.75, 3.05) is 19.6 Å². The van der Waals surface area contributed by atoms with Crippen LogP contribution in [0, 0.1) is 17.1 Å². The molecular formula is C16H22FN3. The highest BCUT2D eigenvalue weighted by atomic mass is 19.1. The van der Waals surface area contributed by atoms with Crippen molar-refractivity contribution < 1.29 is 4.39 Å². The normalized spacial score (nSPS) is 16.3. The van der Waals surface area contributed by atoms with Crippen molar-refractivity contribution in [3.8, 4) is 6.07 Å². The Balaban J connectivity index is 2.13. The number of benzene rings is 1. The van der Waals surface area contributed by atoms with E-state index in [1.165, 1.54) is 12.1 Å². The quantitative estimate of drug-likeness (QED) is 0.898. The van der Waals surface area contributed by atoms with E-state index in [1.807, 2.05) is 0 Å². The van der Waals surface area contributed by atoms with Crippen LogP contribution in [0.2, 0.25) is 0 Å². The third-order valence-electron chi connectivity index (χ3n) is 3.90. The van der Waals surface area contributed by atoms with Crippen LogP contribution >= 0.6 is 0 Å². The molecule has 1 aromatic rings. The summed E-state index contributed by atoms with van der Waals surface area (Å²) in [7, 11) is 0. The molecule has 0 amide bonds. The van der Waals surface area contributed by atoms with Gasteiger partial charge in [-0.1, -0.05) is 13.0 Å². The zero-order chi connectivity index (χ0) is 14.4. The lowest BCUT2D eigenvalue weighted by Gasteiger charge is -2.34. The standard InChI is InChI=1S/C16H22FN3/c1-2-9-20(16-5-7-19-8-6-16)12-13-3-4-15(17)10-14(13)11-18/h3-4,10,16,19H,2,5-9,12H2,1H3. The first-order valence-electron chi connectivity index (χ1n) is 7.38. The van der Waals surface area contributed by atoms with Gasteiger partial charge >= 0.3 is 0 Å². The van der Waals surface area contributed by atoms with Crippen LogP contribution in [-0.4, -0.2) is 30.6 Å². The molecule has 108 valence electrons. The topological polar surface area (TPSA) is 39.1 Å². The molecule has 1 aliphatic rings. The van der Waals surface area contributed by atoms with Gasteiger partial charge in [0, 0.05) is 12.6 Å². The minimum Gasteiger partial charge on any atom is -0.317 e. The summed E-state index contributed by atoms with van der Waals surface area (Å²) in [6.07, 6.45) is 3.37. The van der Waals surface area contributed by atoms with Crippen LogP contribution in [0.15, 0.2) is 18.2 Å². The summed E-state index contributed by atoms with van der Waals surface area (Å²) >= 11 is 0. The van der Waals surface area contributed by atoms with E-state index in [2.05, 4.69) is 23.2 Å². The number of hydrogen-bond donors (Lipinski definition) is 1. The van der Waals surface area contributed by atoms with Gasteiger partial charge in [0.15, 0.2) is 0 Å². The average Bonchev–Trinajstić information content (AvgIpc) is 2.49. The Labute approximate surface area is 120 Å². The number of nitriles is 1. The molecule has 0 aliphatic carbocycles. The molecule has 0 atom stereocenters. The van der Waals surface area contributed by atoms with Crippen LogP contribution in [-0.2, 0) is 6.54 Å². The first-order chi connectivity index (χ1) is 9.74. The fourth-order valence-electron chi connectivity index (χ4n) is 2.86.